The minimum absolute atomic E-state index is 0.332. The smallest absolute Gasteiger partial charge is 0.150 e. The number of hydrogen-bond acceptors (Lipinski definition) is 3. The lowest BCUT2D eigenvalue weighted by molar-refractivity contribution is 0.112. The third kappa shape index (κ3) is 3.37. The molecular formula is C15H15FN2O. The first-order valence-electron chi connectivity index (χ1n) is 5.98. The molecular weight excluding hydrogens is 243 g/mol. The van der Waals surface area contributed by atoms with E-state index in [1.165, 1.54) is 12.1 Å². The Bertz CT molecular complexity index is 598. The lowest BCUT2D eigenvalue weighted by Gasteiger charge is -2.19. The van der Waals surface area contributed by atoms with Crippen molar-refractivity contribution in [3.05, 3.63) is 59.2 Å². The number of aromatic nitrogens is 1. The number of halogens is 1. The van der Waals surface area contributed by atoms with Gasteiger partial charge in [-0.15, -0.1) is 0 Å². The molecule has 0 unspecified atom stereocenters. The minimum atomic E-state index is -0.413. The summed E-state index contributed by atoms with van der Waals surface area (Å²) in [6.07, 6.45) is 0.644. The largest absolute Gasteiger partial charge is 0.369 e. The molecule has 0 aliphatic carbocycles. The van der Waals surface area contributed by atoms with Gasteiger partial charge in [0, 0.05) is 24.0 Å². The lowest BCUT2D eigenvalue weighted by Crippen LogP contribution is -2.17. The number of hydrogen-bond donors (Lipinski definition) is 0. The molecule has 0 atom stereocenters. The molecule has 2 rings (SSSR count). The van der Waals surface area contributed by atoms with E-state index in [1.54, 1.807) is 6.07 Å². The van der Waals surface area contributed by atoms with Crippen LogP contribution in [-0.4, -0.2) is 18.3 Å². The second-order valence-corrected chi connectivity index (χ2v) is 4.49. The van der Waals surface area contributed by atoms with Crippen LogP contribution < -0.4 is 4.90 Å². The fourth-order valence-corrected chi connectivity index (χ4v) is 1.91. The fraction of sp³-hybridized carbons (Fsp3) is 0.200. The molecule has 0 aliphatic heterocycles. The monoisotopic (exact) mass is 258 g/mol. The second kappa shape index (κ2) is 5.61. The summed E-state index contributed by atoms with van der Waals surface area (Å²) in [5.74, 6) is -0.413. The number of carbonyl (C=O) groups excluding carboxylic acids is 1. The Kier molecular flexibility index (Phi) is 3.90. The number of aryl methyl sites for hydroxylation is 1. The molecule has 1 aromatic carbocycles. The fourth-order valence-electron chi connectivity index (χ4n) is 1.91. The van der Waals surface area contributed by atoms with Crippen LogP contribution in [0.25, 0.3) is 0 Å². The van der Waals surface area contributed by atoms with E-state index >= 15 is 0 Å². The Hall–Kier alpha value is -2.23. The van der Waals surface area contributed by atoms with Gasteiger partial charge in [0.2, 0.25) is 0 Å². The number of pyridine rings is 1. The summed E-state index contributed by atoms with van der Waals surface area (Å²) in [4.78, 5) is 17.0. The van der Waals surface area contributed by atoms with E-state index < -0.39 is 5.82 Å². The van der Waals surface area contributed by atoms with Crippen molar-refractivity contribution < 1.29 is 9.18 Å². The average Bonchev–Trinajstić information content (AvgIpc) is 2.38. The zero-order valence-corrected chi connectivity index (χ0v) is 10.9. The van der Waals surface area contributed by atoms with Crippen molar-refractivity contribution in [2.24, 2.45) is 0 Å². The van der Waals surface area contributed by atoms with Crippen LogP contribution in [0.2, 0.25) is 0 Å². The summed E-state index contributed by atoms with van der Waals surface area (Å²) in [6, 6.07) is 10.1. The molecule has 1 heterocycles. The third-order valence-electron chi connectivity index (χ3n) is 2.83. The Morgan fingerprint density at radius 3 is 2.79 bits per heavy atom. The highest BCUT2D eigenvalue weighted by Crippen LogP contribution is 2.18. The Morgan fingerprint density at radius 2 is 2.11 bits per heavy atom. The van der Waals surface area contributed by atoms with Gasteiger partial charge in [-0.05, 0) is 37.3 Å². The molecule has 19 heavy (non-hydrogen) atoms. The Labute approximate surface area is 111 Å². The van der Waals surface area contributed by atoms with E-state index in [2.05, 4.69) is 4.98 Å². The van der Waals surface area contributed by atoms with Crippen LogP contribution >= 0.6 is 0 Å². The number of aldehydes is 1. The minimum Gasteiger partial charge on any atom is -0.369 e. The molecule has 0 radical (unpaired) electrons. The number of benzene rings is 1. The molecule has 0 saturated heterocycles. The molecule has 1 aromatic heterocycles. The topological polar surface area (TPSA) is 33.2 Å². The second-order valence-electron chi connectivity index (χ2n) is 4.49. The van der Waals surface area contributed by atoms with E-state index in [0.717, 1.165) is 11.4 Å². The molecule has 0 bridgehead atoms. The SMILES string of the molecule is Cc1cccc(CN(C)c2cc(F)cc(C=O)c2)n1. The molecule has 0 saturated carbocycles. The maximum Gasteiger partial charge on any atom is 0.150 e. The number of nitrogens with zero attached hydrogens (tertiary/aromatic N) is 2. The van der Waals surface area contributed by atoms with Crippen LogP contribution in [0.4, 0.5) is 10.1 Å². The van der Waals surface area contributed by atoms with Gasteiger partial charge in [0.1, 0.15) is 12.1 Å². The van der Waals surface area contributed by atoms with E-state index in [1.807, 2.05) is 37.1 Å². The van der Waals surface area contributed by atoms with Crippen molar-refractivity contribution in [1.29, 1.82) is 0 Å². The molecule has 0 N–H and O–H groups in total. The van der Waals surface area contributed by atoms with E-state index in [4.69, 9.17) is 0 Å². The van der Waals surface area contributed by atoms with Gasteiger partial charge in [0.15, 0.2) is 0 Å². The van der Waals surface area contributed by atoms with Crippen LogP contribution in [0.5, 0.6) is 0 Å². The molecule has 0 aliphatic rings. The predicted molar refractivity (Wildman–Crippen MR) is 72.9 cm³/mol. The lowest BCUT2D eigenvalue weighted by atomic mass is 10.2. The maximum atomic E-state index is 13.4. The number of rotatable bonds is 4. The summed E-state index contributed by atoms with van der Waals surface area (Å²) in [5.41, 5.74) is 2.84. The zero-order chi connectivity index (χ0) is 13.8. The molecule has 4 heteroatoms. The zero-order valence-electron chi connectivity index (χ0n) is 10.9. The molecule has 98 valence electrons. The standard InChI is InChI=1S/C15H15FN2O/c1-11-4-3-5-14(17-11)9-18(2)15-7-12(10-19)6-13(16)8-15/h3-8,10H,9H2,1-2H3. The first kappa shape index (κ1) is 13.2. The van der Waals surface area contributed by atoms with Gasteiger partial charge in [0.05, 0.1) is 12.2 Å². The van der Waals surface area contributed by atoms with E-state index in [0.29, 0.717) is 24.1 Å². The summed E-state index contributed by atoms with van der Waals surface area (Å²) in [5, 5.41) is 0. The number of carbonyl (C=O) groups is 1. The van der Waals surface area contributed by atoms with Crippen LogP contribution in [0.15, 0.2) is 36.4 Å². The average molecular weight is 258 g/mol. The van der Waals surface area contributed by atoms with Gasteiger partial charge in [-0.1, -0.05) is 6.07 Å². The highest BCUT2D eigenvalue weighted by Gasteiger charge is 2.06. The maximum absolute atomic E-state index is 13.4. The van der Waals surface area contributed by atoms with Gasteiger partial charge < -0.3 is 4.90 Å². The van der Waals surface area contributed by atoms with Gasteiger partial charge >= 0.3 is 0 Å². The quantitative estimate of drug-likeness (QED) is 0.790. The Balaban J connectivity index is 2.22. The van der Waals surface area contributed by atoms with Gasteiger partial charge in [-0.25, -0.2) is 4.39 Å². The van der Waals surface area contributed by atoms with E-state index in [-0.39, 0.29) is 0 Å². The van der Waals surface area contributed by atoms with Crippen molar-refractivity contribution in [2.75, 3.05) is 11.9 Å². The molecule has 0 amide bonds. The first-order valence-corrected chi connectivity index (χ1v) is 5.98. The van der Waals surface area contributed by atoms with Crippen molar-refractivity contribution in [2.45, 2.75) is 13.5 Å². The van der Waals surface area contributed by atoms with Crippen LogP contribution in [0, 0.1) is 12.7 Å². The van der Waals surface area contributed by atoms with Crippen molar-refractivity contribution >= 4 is 12.0 Å². The number of anilines is 1. The van der Waals surface area contributed by atoms with Crippen LogP contribution in [0.3, 0.4) is 0 Å². The molecule has 2 aromatic rings. The molecule has 3 nitrogen and oxygen atoms in total. The van der Waals surface area contributed by atoms with Gasteiger partial charge in [-0.2, -0.15) is 0 Å². The van der Waals surface area contributed by atoms with Gasteiger partial charge in [-0.3, -0.25) is 9.78 Å². The van der Waals surface area contributed by atoms with Crippen LogP contribution in [0.1, 0.15) is 21.7 Å². The van der Waals surface area contributed by atoms with Crippen LogP contribution in [-0.2, 0) is 6.54 Å². The summed E-state index contributed by atoms with van der Waals surface area (Å²) in [6.45, 7) is 2.49. The van der Waals surface area contributed by atoms with Crippen molar-refractivity contribution in [3.63, 3.8) is 0 Å². The van der Waals surface area contributed by atoms with E-state index in [9.17, 15) is 9.18 Å². The normalized spacial score (nSPS) is 10.3. The molecule has 0 spiro atoms. The first-order chi connectivity index (χ1) is 9.08. The highest BCUT2D eigenvalue weighted by molar-refractivity contribution is 5.77. The highest BCUT2D eigenvalue weighted by atomic mass is 19.1. The van der Waals surface area contributed by atoms with Gasteiger partial charge in [0.25, 0.3) is 0 Å². The predicted octanol–water partition coefficient (Wildman–Crippen LogP) is 2.98. The van der Waals surface area contributed by atoms with Crippen molar-refractivity contribution in [3.8, 4) is 0 Å². The third-order valence-corrected chi connectivity index (χ3v) is 2.83. The van der Waals surface area contributed by atoms with Crippen molar-refractivity contribution in [1.82, 2.24) is 4.98 Å². The Morgan fingerprint density at radius 1 is 1.32 bits per heavy atom. The summed E-state index contributed by atoms with van der Waals surface area (Å²) in [7, 11) is 1.84. The molecule has 0 fully saturated rings. The summed E-state index contributed by atoms with van der Waals surface area (Å²) >= 11 is 0. The summed E-state index contributed by atoms with van der Waals surface area (Å²) < 4.78 is 13.4.